The molecule has 0 aliphatic rings. The molecule has 0 amide bonds. The number of unbranched alkanes of at least 4 members (excludes halogenated alkanes) is 37. The van der Waals surface area contributed by atoms with E-state index in [1.54, 1.807) is 0 Å². The van der Waals surface area contributed by atoms with E-state index in [1.165, 1.54) is 205 Å². The highest BCUT2D eigenvalue weighted by Crippen LogP contribution is 2.17. The van der Waals surface area contributed by atoms with Gasteiger partial charge in [0.25, 0.3) is 0 Å². The molecule has 0 saturated heterocycles. The molecule has 0 unspecified atom stereocenters. The maximum Gasteiger partial charge on any atom is 0.306 e. The van der Waals surface area contributed by atoms with Crippen LogP contribution in [0.5, 0.6) is 0 Å². The van der Waals surface area contributed by atoms with E-state index >= 15 is 0 Å². The Kier molecular flexibility index (Phi) is 48.1. The van der Waals surface area contributed by atoms with Crippen molar-refractivity contribution in [1.82, 2.24) is 0 Å². The Labute approximate surface area is 380 Å². The van der Waals surface area contributed by atoms with Gasteiger partial charge in [-0.15, -0.1) is 0 Å². The van der Waals surface area contributed by atoms with Crippen LogP contribution in [-0.4, -0.2) is 37.2 Å². The normalized spacial score (nSPS) is 12.0. The molecule has 0 heterocycles. The van der Waals surface area contributed by atoms with Gasteiger partial charge in [0, 0.05) is 19.3 Å². The number of esters is 3. The van der Waals surface area contributed by atoms with Crippen LogP contribution in [0.3, 0.4) is 0 Å². The summed E-state index contributed by atoms with van der Waals surface area (Å²) in [5.41, 5.74) is 0. The highest BCUT2D eigenvalue weighted by molar-refractivity contribution is 5.71. The summed E-state index contributed by atoms with van der Waals surface area (Å²) in [4.78, 5) is 38.0. The Morgan fingerprint density at radius 3 is 0.803 bits per heavy atom. The van der Waals surface area contributed by atoms with E-state index in [-0.39, 0.29) is 31.1 Å². The smallest absolute Gasteiger partial charge is 0.306 e. The van der Waals surface area contributed by atoms with Gasteiger partial charge in [0.15, 0.2) is 6.10 Å². The van der Waals surface area contributed by atoms with E-state index in [2.05, 4.69) is 27.7 Å². The average molecular weight is 863 g/mol. The van der Waals surface area contributed by atoms with Crippen LogP contribution in [0.25, 0.3) is 0 Å². The molecule has 6 nitrogen and oxygen atoms in total. The van der Waals surface area contributed by atoms with E-state index in [0.717, 1.165) is 63.7 Å². The molecule has 0 spiro atoms. The number of carbonyl (C=O) groups is 3. The molecule has 0 rings (SSSR count). The number of rotatable bonds is 50. The van der Waals surface area contributed by atoms with E-state index in [9.17, 15) is 14.4 Å². The first-order chi connectivity index (χ1) is 29.9. The lowest BCUT2D eigenvalue weighted by Gasteiger charge is -2.18. The zero-order chi connectivity index (χ0) is 44.5. The minimum absolute atomic E-state index is 0.0625. The van der Waals surface area contributed by atoms with E-state index in [1.807, 2.05) is 0 Å². The fourth-order valence-electron chi connectivity index (χ4n) is 8.39. The lowest BCUT2D eigenvalue weighted by atomic mass is 10.0. The number of hydrogen-bond donors (Lipinski definition) is 0. The Bertz CT molecular complexity index is 918. The highest BCUT2D eigenvalue weighted by Gasteiger charge is 2.19. The second kappa shape index (κ2) is 49.4. The maximum atomic E-state index is 12.8. The number of hydrogen-bond acceptors (Lipinski definition) is 6. The van der Waals surface area contributed by atoms with Crippen molar-refractivity contribution in [3.05, 3.63) is 0 Å². The van der Waals surface area contributed by atoms with Crippen molar-refractivity contribution in [1.29, 1.82) is 0 Å². The molecule has 1 atom stereocenters. The second-order valence-electron chi connectivity index (χ2n) is 19.3. The molecule has 0 bridgehead atoms. The molecule has 0 fully saturated rings. The van der Waals surface area contributed by atoms with Crippen molar-refractivity contribution >= 4 is 17.9 Å². The number of carbonyl (C=O) groups excluding carboxylic acids is 3. The molecule has 0 N–H and O–H groups in total. The lowest BCUT2D eigenvalue weighted by Crippen LogP contribution is -2.30. The Morgan fingerprint density at radius 2 is 0.541 bits per heavy atom. The zero-order valence-corrected chi connectivity index (χ0v) is 41.6. The third-order valence-electron chi connectivity index (χ3n) is 12.5. The SMILES string of the molecule is CCCCCCCCCCCCCCCCCCCC(=O)O[C@H](COC(=O)CCCCCCCCCCCCCCCC)COC(=O)CCCCCCCCCCCC(C)C. The predicted octanol–water partition coefficient (Wildman–Crippen LogP) is 17.8. The quantitative estimate of drug-likeness (QED) is 0.0344. The summed E-state index contributed by atoms with van der Waals surface area (Å²) in [6.45, 7) is 9.02. The fraction of sp³-hybridized carbons (Fsp3) is 0.945. The van der Waals surface area contributed by atoms with Gasteiger partial charge < -0.3 is 14.2 Å². The van der Waals surface area contributed by atoms with Crippen LogP contribution in [0.15, 0.2) is 0 Å². The van der Waals surface area contributed by atoms with Crippen LogP contribution in [0.2, 0.25) is 0 Å². The highest BCUT2D eigenvalue weighted by atomic mass is 16.6. The molecular weight excluding hydrogens is 757 g/mol. The van der Waals surface area contributed by atoms with Crippen molar-refractivity contribution in [2.24, 2.45) is 5.92 Å². The summed E-state index contributed by atoms with van der Waals surface area (Å²) in [5, 5.41) is 0. The van der Waals surface area contributed by atoms with Gasteiger partial charge in [0.2, 0.25) is 0 Å². The van der Waals surface area contributed by atoms with Gasteiger partial charge in [-0.2, -0.15) is 0 Å². The van der Waals surface area contributed by atoms with Crippen molar-refractivity contribution in [3.8, 4) is 0 Å². The summed E-state index contributed by atoms with van der Waals surface area (Å²) in [6.07, 6.45) is 52.3. The molecule has 0 radical (unpaired) electrons. The van der Waals surface area contributed by atoms with Gasteiger partial charge in [0.05, 0.1) is 0 Å². The molecule has 362 valence electrons. The van der Waals surface area contributed by atoms with E-state index < -0.39 is 6.10 Å². The molecule has 0 aromatic rings. The van der Waals surface area contributed by atoms with E-state index in [4.69, 9.17) is 14.2 Å². The van der Waals surface area contributed by atoms with Crippen LogP contribution < -0.4 is 0 Å². The van der Waals surface area contributed by atoms with Crippen LogP contribution in [0.4, 0.5) is 0 Å². The van der Waals surface area contributed by atoms with Gasteiger partial charge in [0.1, 0.15) is 13.2 Å². The largest absolute Gasteiger partial charge is 0.462 e. The molecule has 6 heteroatoms. The molecule has 0 aliphatic carbocycles. The molecule has 0 saturated carbocycles. The predicted molar refractivity (Wildman–Crippen MR) is 261 cm³/mol. The van der Waals surface area contributed by atoms with Gasteiger partial charge in [-0.1, -0.05) is 272 Å². The van der Waals surface area contributed by atoms with Crippen LogP contribution in [-0.2, 0) is 28.6 Å². The molecule has 0 aromatic carbocycles. The third kappa shape index (κ3) is 49.3. The first-order valence-corrected chi connectivity index (χ1v) is 27.4. The van der Waals surface area contributed by atoms with Gasteiger partial charge in [-0.05, 0) is 25.2 Å². The van der Waals surface area contributed by atoms with Crippen molar-refractivity contribution in [2.45, 2.75) is 316 Å². The monoisotopic (exact) mass is 863 g/mol. The van der Waals surface area contributed by atoms with Gasteiger partial charge in [-0.25, -0.2) is 0 Å². The van der Waals surface area contributed by atoms with E-state index in [0.29, 0.717) is 19.3 Å². The fourth-order valence-corrected chi connectivity index (χ4v) is 8.39. The van der Waals surface area contributed by atoms with Gasteiger partial charge >= 0.3 is 17.9 Å². The van der Waals surface area contributed by atoms with Crippen LogP contribution in [0, 0.1) is 5.92 Å². The molecule has 61 heavy (non-hydrogen) atoms. The Balaban J connectivity index is 4.29. The summed E-state index contributed by atoms with van der Waals surface area (Å²) < 4.78 is 16.8. The maximum absolute atomic E-state index is 12.8. The van der Waals surface area contributed by atoms with Crippen molar-refractivity contribution < 1.29 is 28.6 Å². The third-order valence-corrected chi connectivity index (χ3v) is 12.5. The Hall–Kier alpha value is -1.59. The lowest BCUT2D eigenvalue weighted by molar-refractivity contribution is -0.167. The number of ether oxygens (including phenoxy) is 3. The van der Waals surface area contributed by atoms with Crippen molar-refractivity contribution in [3.63, 3.8) is 0 Å². The second-order valence-corrected chi connectivity index (χ2v) is 19.3. The summed E-state index contributed by atoms with van der Waals surface area (Å²) >= 11 is 0. The molecular formula is C55H106O6. The van der Waals surface area contributed by atoms with Crippen molar-refractivity contribution in [2.75, 3.05) is 13.2 Å². The zero-order valence-electron chi connectivity index (χ0n) is 41.6. The molecule has 0 aliphatic heterocycles. The first kappa shape index (κ1) is 59.4. The minimum Gasteiger partial charge on any atom is -0.462 e. The molecule has 0 aromatic heterocycles. The van der Waals surface area contributed by atoms with Crippen LogP contribution >= 0.6 is 0 Å². The standard InChI is InChI=1S/C55H106O6/c1-5-7-9-11-13-15-17-19-21-22-23-25-27-31-36-40-44-48-55(58)61-52(50-60-54(57)47-43-39-35-32-28-29-33-37-41-45-51(3)4)49-59-53(56)46-42-38-34-30-26-24-20-18-16-14-12-10-8-6-2/h51-52H,5-50H2,1-4H3/t52-/m1/s1. The van der Waals surface area contributed by atoms with Gasteiger partial charge in [-0.3, -0.25) is 14.4 Å². The summed E-state index contributed by atoms with van der Waals surface area (Å²) in [5.74, 6) is -0.0323. The average Bonchev–Trinajstić information content (AvgIpc) is 3.24. The Morgan fingerprint density at radius 1 is 0.311 bits per heavy atom. The first-order valence-electron chi connectivity index (χ1n) is 27.4. The summed E-state index contributed by atoms with van der Waals surface area (Å²) in [6, 6.07) is 0. The topological polar surface area (TPSA) is 78.9 Å². The van der Waals surface area contributed by atoms with Crippen LogP contribution in [0.1, 0.15) is 310 Å². The minimum atomic E-state index is -0.761. The summed E-state index contributed by atoms with van der Waals surface area (Å²) in [7, 11) is 0.